The van der Waals surface area contributed by atoms with Crippen molar-refractivity contribution in [2.24, 2.45) is 0 Å². The molecule has 0 bridgehead atoms. The lowest BCUT2D eigenvalue weighted by Gasteiger charge is -2.08. The molecule has 0 unspecified atom stereocenters. The molecule has 0 spiro atoms. The standard InChI is InChI=1S/C12H27N.BrH/c1-4-5-6-7-8-9-10-11-12-13(2)3;/h4-12H2,1-3H3;1H. The van der Waals surface area contributed by atoms with Gasteiger partial charge in [-0.1, -0.05) is 51.9 Å². The molecule has 0 aliphatic rings. The van der Waals surface area contributed by atoms with Gasteiger partial charge in [0.25, 0.3) is 0 Å². The Morgan fingerprint density at radius 1 is 0.714 bits per heavy atom. The minimum Gasteiger partial charge on any atom is -0.309 e. The van der Waals surface area contributed by atoms with E-state index in [4.69, 9.17) is 0 Å². The molecule has 0 aliphatic heterocycles. The van der Waals surface area contributed by atoms with Crippen LogP contribution >= 0.6 is 17.0 Å². The van der Waals surface area contributed by atoms with Crippen LogP contribution in [0.5, 0.6) is 0 Å². The Kier molecular flexibility index (Phi) is 16.2. The first-order chi connectivity index (χ1) is 6.27. The largest absolute Gasteiger partial charge is 0.309 e. The van der Waals surface area contributed by atoms with E-state index in [0.29, 0.717) is 0 Å². The molecule has 2 heteroatoms. The van der Waals surface area contributed by atoms with Crippen molar-refractivity contribution < 1.29 is 0 Å². The van der Waals surface area contributed by atoms with E-state index < -0.39 is 0 Å². The van der Waals surface area contributed by atoms with Gasteiger partial charge >= 0.3 is 0 Å². The van der Waals surface area contributed by atoms with Crippen LogP contribution in [0, 0.1) is 0 Å². The van der Waals surface area contributed by atoms with Crippen molar-refractivity contribution in [3.63, 3.8) is 0 Å². The maximum atomic E-state index is 2.27. The first-order valence-electron chi connectivity index (χ1n) is 5.92. The predicted molar refractivity (Wildman–Crippen MR) is 71.5 cm³/mol. The van der Waals surface area contributed by atoms with E-state index in [2.05, 4.69) is 25.9 Å². The van der Waals surface area contributed by atoms with E-state index >= 15 is 0 Å². The van der Waals surface area contributed by atoms with Gasteiger partial charge < -0.3 is 4.90 Å². The number of halogens is 1. The van der Waals surface area contributed by atoms with Gasteiger partial charge in [0.05, 0.1) is 0 Å². The lowest BCUT2D eigenvalue weighted by Crippen LogP contribution is -2.12. The van der Waals surface area contributed by atoms with E-state index in [9.17, 15) is 0 Å². The van der Waals surface area contributed by atoms with Crippen LogP contribution < -0.4 is 0 Å². The van der Waals surface area contributed by atoms with Gasteiger partial charge in [0.2, 0.25) is 0 Å². The van der Waals surface area contributed by atoms with Gasteiger partial charge in [-0.05, 0) is 27.1 Å². The monoisotopic (exact) mass is 265 g/mol. The van der Waals surface area contributed by atoms with Crippen molar-refractivity contribution in [2.75, 3.05) is 20.6 Å². The summed E-state index contributed by atoms with van der Waals surface area (Å²) in [6.07, 6.45) is 11.4. The minimum absolute atomic E-state index is 0. The van der Waals surface area contributed by atoms with E-state index in [1.165, 1.54) is 57.9 Å². The average Bonchev–Trinajstić information content (AvgIpc) is 2.09. The number of nitrogens with zero attached hydrogens (tertiary/aromatic N) is 1. The zero-order chi connectivity index (χ0) is 9.94. The summed E-state index contributed by atoms with van der Waals surface area (Å²) in [7, 11) is 4.31. The fourth-order valence-electron chi connectivity index (χ4n) is 1.56. The molecule has 0 radical (unpaired) electrons. The molecule has 1 nitrogen and oxygen atoms in total. The minimum atomic E-state index is 0. The first kappa shape index (κ1) is 16.9. The Balaban J connectivity index is 0. The molecule has 0 aliphatic carbocycles. The molecule has 0 N–H and O–H groups in total. The summed E-state index contributed by atoms with van der Waals surface area (Å²) in [5, 5.41) is 0. The summed E-state index contributed by atoms with van der Waals surface area (Å²) in [5.41, 5.74) is 0. The zero-order valence-corrected chi connectivity index (χ0v) is 11.9. The SMILES string of the molecule is Br.CCCCCCCCCCN(C)C. The molecule has 88 valence electrons. The van der Waals surface area contributed by atoms with Crippen molar-refractivity contribution in [1.29, 1.82) is 0 Å². The molecule has 0 atom stereocenters. The van der Waals surface area contributed by atoms with Gasteiger partial charge in [-0.3, -0.25) is 0 Å². The van der Waals surface area contributed by atoms with E-state index in [-0.39, 0.29) is 17.0 Å². The summed E-state index contributed by atoms with van der Waals surface area (Å²) in [5.74, 6) is 0. The Morgan fingerprint density at radius 3 is 1.57 bits per heavy atom. The van der Waals surface area contributed by atoms with Gasteiger partial charge in [-0.15, -0.1) is 17.0 Å². The third-order valence-electron chi connectivity index (χ3n) is 2.46. The van der Waals surface area contributed by atoms with Crippen LogP contribution in [0.4, 0.5) is 0 Å². The highest BCUT2D eigenvalue weighted by atomic mass is 79.9. The van der Waals surface area contributed by atoms with Crippen LogP contribution in [0.25, 0.3) is 0 Å². The highest BCUT2D eigenvalue weighted by molar-refractivity contribution is 8.93. The molecule has 0 heterocycles. The van der Waals surface area contributed by atoms with Gasteiger partial charge in [0, 0.05) is 0 Å². The van der Waals surface area contributed by atoms with Crippen molar-refractivity contribution >= 4 is 17.0 Å². The molecule has 0 aromatic carbocycles. The highest BCUT2D eigenvalue weighted by Gasteiger charge is 1.92. The molecule has 0 fully saturated rings. The number of rotatable bonds is 9. The second kappa shape index (κ2) is 13.4. The number of unbranched alkanes of at least 4 members (excludes halogenated alkanes) is 7. The molecule has 0 aromatic heterocycles. The van der Waals surface area contributed by atoms with Crippen molar-refractivity contribution in [3.8, 4) is 0 Å². The molecule has 0 saturated carbocycles. The Labute approximate surface area is 101 Å². The third-order valence-corrected chi connectivity index (χ3v) is 2.46. The molecular weight excluding hydrogens is 238 g/mol. The Morgan fingerprint density at radius 2 is 1.14 bits per heavy atom. The van der Waals surface area contributed by atoms with Crippen LogP contribution in [-0.4, -0.2) is 25.5 Å². The van der Waals surface area contributed by atoms with Gasteiger partial charge in [0.1, 0.15) is 0 Å². The molecule has 0 aromatic rings. The van der Waals surface area contributed by atoms with Gasteiger partial charge in [-0.25, -0.2) is 0 Å². The number of hydrogen-bond donors (Lipinski definition) is 0. The topological polar surface area (TPSA) is 3.24 Å². The van der Waals surface area contributed by atoms with Crippen LogP contribution in [-0.2, 0) is 0 Å². The van der Waals surface area contributed by atoms with Crippen LogP contribution in [0.1, 0.15) is 58.3 Å². The molecule has 14 heavy (non-hydrogen) atoms. The summed E-state index contributed by atoms with van der Waals surface area (Å²) < 4.78 is 0. The predicted octanol–water partition coefficient (Wildman–Crippen LogP) is 4.27. The molecule has 0 rings (SSSR count). The second-order valence-electron chi connectivity index (χ2n) is 4.28. The molecule has 0 amide bonds. The van der Waals surface area contributed by atoms with E-state index in [0.717, 1.165) is 0 Å². The van der Waals surface area contributed by atoms with Crippen molar-refractivity contribution in [3.05, 3.63) is 0 Å². The number of hydrogen-bond acceptors (Lipinski definition) is 1. The highest BCUT2D eigenvalue weighted by Crippen LogP contribution is 2.08. The van der Waals surface area contributed by atoms with Crippen LogP contribution in [0.2, 0.25) is 0 Å². The Bertz CT molecular complexity index is 94.3. The fraction of sp³-hybridized carbons (Fsp3) is 1.00. The average molecular weight is 266 g/mol. The fourth-order valence-corrected chi connectivity index (χ4v) is 1.56. The maximum Gasteiger partial charge on any atom is -0.00248 e. The van der Waals surface area contributed by atoms with Gasteiger partial charge in [-0.2, -0.15) is 0 Å². The zero-order valence-electron chi connectivity index (χ0n) is 10.2. The van der Waals surface area contributed by atoms with Crippen LogP contribution in [0.15, 0.2) is 0 Å². The lowest BCUT2D eigenvalue weighted by atomic mass is 10.1. The molecule has 0 saturated heterocycles. The lowest BCUT2D eigenvalue weighted by molar-refractivity contribution is 0.389. The summed E-state index contributed by atoms with van der Waals surface area (Å²) >= 11 is 0. The van der Waals surface area contributed by atoms with Gasteiger partial charge in [0.15, 0.2) is 0 Å². The smallest absolute Gasteiger partial charge is 0.00248 e. The van der Waals surface area contributed by atoms with Crippen molar-refractivity contribution in [1.82, 2.24) is 4.90 Å². The summed E-state index contributed by atoms with van der Waals surface area (Å²) in [6, 6.07) is 0. The summed E-state index contributed by atoms with van der Waals surface area (Å²) in [4.78, 5) is 2.27. The van der Waals surface area contributed by atoms with Crippen molar-refractivity contribution in [2.45, 2.75) is 58.3 Å². The maximum absolute atomic E-state index is 2.27. The normalized spacial score (nSPS) is 10.3. The first-order valence-corrected chi connectivity index (χ1v) is 5.92. The third kappa shape index (κ3) is 14.9. The molecular formula is C12H28BrN. The Hall–Kier alpha value is 0.440. The summed E-state index contributed by atoms with van der Waals surface area (Å²) in [6.45, 7) is 3.53. The van der Waals surface area contributed by atoms with Crippen LogP contribution in [0.3, 0.4) is 0 Å². The quantitative estimate of drug-likeness (QED) is 0.563. The van der Waals surface area contributed by atoms with E-state index in [1.54, 1.807) is 0 Å². The van der Waals surface area contributed by atoms with E-state index in [1.807, 2.05) is 0 Å². The second-order valence-corrected chi connectivity index (χ2v) is 4.28.